The van der Waals surface area contributed by atoms with E-state index < -0.39 is 0 Å². The highest BCUT2D eigenvalue weighted by Crippen LogP contribution is 2.15. The van der Waals surface area contributed by atoms with Gasteiger partial charge in [0.1, 0.15) is 0 Å². The predicted molar refractivity (Wildman–Crippen MR) is 70.7 cm³/mol. The number of thiophene rings is 1. The molecule has 17 heavy (non-hydrogen) atoms. The van der Waals surface area contributed by atoms with Gasteiger partial charge in [-0.1, -0.05) is 13.0 Å². The lowest BCUT2D eigenvalue weighted by Crippen LogP contribution is -2.46. The minimum atomic E-state index is 0.212. The number of aryl methyl sites for hydroxylation is 1. The van der Waals surface area contributed by atoms with E-state index >= 15 is 0 Å². The Labute approximate surface area is 107 Å². The molecule has 0 saturated carbocycles. The fraction of sp³-hybridized carbons (Fsp3) is 0.692. The minimum absolute atomic E-state index is 0.212. The van der Waals surface area contributed by atoms with Crippen LogP contribution in [0, 0.1) is 0 Å². The molecule has 0 aliphatic carbocycles. The molecule has 0 radical (unpaired) electrons. The fourth-order valence-corrected chi connectivity index (χ4v) is 2.90. The minimum Gasteiger partial charge on any atom is -0.376 e. The van der Waals surface area contributed by atoms with Gasteiger partial charge in [-0.05, 0) is 30.8 Å². The largest absolute Gasteiger partial charge is 0.376 e. The maximum absolute atomic E-state index is 5.78. The highest BCUT2D eigenvalue weighted by atomic mass is 32.1. The highest BCUT2D eigenvalue weighted by molar-refractivity contribution is 7.09. The van der Waals surface area contributed by atoms with Crippen molar-refractivity contribution in [3.05, 3.63) is 22.4 Å². The molecule has 1 N–H and O–H groups in total. The van der Waals surface area contributed by atoms with E-state index in [1.165, 1.54) is 4.88 Å². The summed E-state index contributed by atoms with van der Waals surface area (Å²) in [5.74, 6) is 0. The third-order valence-electron chi connectivity index (χ3n) is 3.04. The van der Waals surface area contributed by atoms with Gasteiger partial charge in [0, 0.05) is 10.9 Å². The summed E-state index contributed by atoms with van der Waals surface area (Å²) in [6.45, 7) is 5.31. The van der Waals surface area contributed by atoms with Crippen LogP contribution in [0.2, 0.25) is 0 Å². The Bertz CT molecular complexity index is 296. The van der Waals surface area contributed by atoms with Crippen LogP contribution in [-0.4, -0.2) is 38.5 Å². The summed E-state index contributed by atoms with van der Waals surface area (Å²) in [4.78, 5) is 1.45. The van der Waals surface area contributed by atoms with Crippen LogP contribution < -0.4 is 5.32 Å². The normalized spacial score (nSPS) is 22.5. The van der Waals surface area contributed by atoms with Crippen molar-refractivity contribution < 1.29 is 9.47 Å². The van der Waals surface area contributed by atoms with E-state index in [9.17, 15) is 0 Å². The summed E-state index contributed by atoms with van der Waals surface area (Å²) in [5, 5.41) is 5.65. The summed E-state index contributed by atoms with van der Waals surface area (Å²) in [7, 11) is 0. The third-order valence-corrected chi connectivity index (χ3v) is 3.97. The molecule has 2 atom stereocenters. The fourth-order valence-electron chi connectivity index (χ4n) is 2.17. The third kappa shape index (κ3) is 4.07. The predicted octanol–water partition coefficient (Wildman–Crippen LogP) is 2.07. The first kappa shape index (κ1) is 13.0. The Kier molecular flexibility index (Phi) is 5.45. The van der Waals surface area contributed by atoms with Crippen LogP contribution >= 0.6 is 11.3 Å². The van der Waals surface area contributed by atoms with Gasteiger partial charge in [0.25, 0.3) is 0 Å². The van der Waals surface area contributed by atoms with Crippen LogP contribution in [0.4, 0.5) is 0 Å². The van der Waals surface area contributed by atoms with Gasteiger partial charge in [-0.15, -0.1) is 11.3 Å². The molecule has 1 saturated heterocycles. The van der Waals surface area contributed by atoms with E-state index in [0.717, 1.165) is 39.2 Å². The Morgan fingerprint density at radius 1 is 1.53 bits per heavy atom. The van der Waals surface area contributed by atoms with Crippen molar-refractivity contribution in [3.8, 4) is 0 Å². The first-order valence-electron chi connectivity index (χ1n) is 6.35. The van der Waals surface area contributed by atoms with Crippen molar-refractivity contribution >= 4 is 11.3 Å². The molecule has 2 unspecified atom stereocenters. The Hall–Kier alpha value is -0.420. The molecule has 1 fully saturated rings. The number of hydrogen-bond donors (Lipinski definition) is 1. The summed E-state index contributed by atoms with van der Waals surface area (Å²) >= 11 is 1.83. The maximum Gasteiger partial charge on any atom is 0.0962 e. The number of ether oxygens (including phenoxy) is 2. The summed E-state index contributed by atoms with van der Waals surface area (Å²) in [6, 6.07) is 4.72. The molecular formula is C13H21NO2S. The Morgan fingerprint density at radius 2 is 2.47 bits per heavy atom. The van der Waals surface area contributed by atoms with Crippen molar-refractivity contribution in [2.24, 2.45) is 0 Å². The van der Waals surface area contributed by atoms with Gasteiger partial charge >= 0.3 is 0 Å². The van der Waals surface area contributed by atoms with E-state index in [4.69, 9.17) is 9.47 Å². The molecule has 2 heterocycles. The van der Waals surface area contributed by atoms with Crippen molar-refractivity contribution in [2.45, 2.75) is 31.9 Å². The number of nitrogens with one attached hydrogen (secondary N) is 1. The summed E-state index contributed by atoms with van der Waals surface area (Å²) in [5.41, 5.74) is 0. The molecule has 1 aromatic rings. The van der Waals surface area contributed by atoms with Crippen molar-refractivity contribution in [1.82, 2.24) is 5.32 Å². The average Bonchev–Trinajstić information content (AvgIpc) is 2.88. The highest BCUT2D eigenvalue weighted by Gasteiger charge is 2.24. The molecule has 2 rings (SSSR count). The standard InChI is InChI=1S/C13H21NO2S/c1-2-14-12(13-10-15-7-8-16-13)6-5-11-4-3-9-17-11/h3-4,9,12-14H,2,5-8,10H2,1H3. The molecule has 1 aliphatic rings. The first-order valence-corrected chi connectivity index (χ1v) is 7.23. The van der Waals surface area contributed by atoms with Gasteiger partial charge in [-0.2, -0.15) is 0 Å². The zero-order valence-corrected chi connectivity index (χ0v) is 11.2. The van der Waals surface area contributed by atoms with Gasteiger partial charge in [0.05, 0.1) is 25.9 Å². The van der Waals surface area contributed by atoms with Crippen molar-refractivity contribution in [2.75, 3.05) is 26.4 Å². The number of likely N-dealkylation sites (N-methyl/N-ethyl adjacent to an activating group) is 1. The molecule has 0 bridgehead atoms. The van der Waals surface area contributed by atoms with Gasteiger partial charge in [0.2, 0.25) is 0 Å². The van der Waals surface area contributed by atoms with Crippen LogP contribution in [-0.2, 0) is 15.9 Å². The van der Waals surface area contributed by atoms with E-state index in [-0.39, 0.29) is 6.10 Å². The molecule has 0 amide bonds. The lowest BCUT2D eigenvalue weighted by atomic mass is 10.0. The number of rotatable bonds is 6. The monoisotopic (exact) mass is 255 g/mol. The molecule has 3 nitrogen and oxygen atoms in total. The lowest BCUT2D eigenvalue weighted by molar-refractivity contribution is -0.102. The molecule has 1 aromatic heterocycles. The van der Waals surface area contributed by atoms with Crippen LogP contribution in [0.5, 0.6) is 0 Å². The van der Waals surface area contributed by atoms with Crippen LogP contribution in [0.15, 0.2) is 17.5 Å². The van der Waals surface area contributed by atoms with Crippen LogP contribution in [0.1, 0.15) is 18.2 Å². The SMILES string of the molecule is CCNC(CCc1cccs1)C1COCCO1. The Balaban J connectivity index is 1.82. The van der Waals surface area contributed by atoms with Crippen LogP contribution in [0.25, 0.3) is 0 Å². The summed E-state index contributed by atoms with van der Waals surface area (Å²) in [6.07, 6.45) is 2.45. The topological polar surface area (TPSA) is 30.5 Å². The molecule has 0 aromatic carbocycles. The van der Waals surface area contributed by atoms with E-state index in [0.29, 0.717) is 6.04 Å². The zero-order chi connectivity index (χ0) is 11.9. The second-order valence-electron chi connectivity index (χ2n) is 4.27. The first-order chi connectivity index (χ1) is 8.40. The lowest BCUT2D eigenvalue weighted by Gasteiger charge is -2.31. The molecular weight excluding hydrogens is 234 g/mol. The molecule has 96 valence electrons. The maximum atomic E-state index is 5.78. The smallest absolute Gasteiger partial charge is 0.0962 e. The quantitative estimate of drug-likeness (QED) is 0.844. The van der Waals surface area contributed by atoms with Gasteiger partial charge < -0.3 is 14.8 Å². The number of hydrogen-bond acceptors (Lipinski definition) is 4. The second-order valence-corrected chi connectivity index (χ2v) is 5.30. The molecule has 0 spiro atoms. The van der Waals surface area contributed by atoms with Crippen LogP contribution in [0.3, 0.4) is 0 Å². The molecule has 4 heteroatoms. The van der Waals surface area contributed by atoms with Gasteiger partial charge in [-0.25, -0.2) is 0 Å². The van der Waals surface area contributed by atoms with Crippen molar-refractivity contribution in [3.63, 3.8) is 0 Å². The Morgan fingerprint density at radius 3 is 3.12 bits per heavy atom. The van der Waals surface area contributed by atoms with E-state index in [1.807, 2.05) is 11.3 Å². The van der Waals surface area contributed by atoms with E-state index in [1.54, 1.807) is 0 Å². The second kappa shape index (κ2) is 7.11. The average molecular weight is 255 g/mol. The zero-order valence-electron chi connectivity index (χ0n) is 10.4. The summed E-state index contributed by atoms with van der Waals surface area (Å²) < 4.78 is 11.3. The molecule has 1 aliphatic heterocycles. The van der Waals surface area contributed by atoms with Gasteiger partial charge in [0.15, 0.2) is 0 Å². The van der Waals surface area contributed by atoms with Crippen molar-refractivity contribution in [1.29, 1.82) is 0 Å². The van der Waals surface area contributed by atoms with Gasteiger partial charge in [-0.3, -0.25) is 0 Å². The van der Waals surface area contributed by atoms with E-state index in [2.05, 4.69) is 29.8 Å².